The highest BCUT2D eigenvalue weighted by Gasteiger charge is 2.19. The Morgan fingerprint density at radius 1 is 1.15 bits per heavy atom. The van der Waals surface area contributed by atoms with Crippen LogP contribution in [0, 0.1) is 0 Å². The van der Waals surface area contributed by atoms with Crippen LogP contribution in [0.4, 0.5) is 0 Å². The van der Waals surface area contributed by atoms with E-state index in [0.29, 0.717) is 4.90 Å². The van der Waals surface area contributed by atoms with Gasteiger partial charge in [0.25, 0.3) is 0 Å². The number of aryl methyl sites for hydroxylation is 2. The van der Waals surface area contributed by atoms with Crippen LogP contribution in [0.1, 0.15) is 43.2 Å². The van der Waals surface area contributed by atoms with Gasteiger partial charge in [0.2, 0.25) is 15.9 Å². The molecule has 1 aliphatic heterocycles. The minimum Gasteiger partial charge on any atom is -0.352 e. The molecule has 0 bridgehead atoms. The maximum Gasteiger partial charge on any atom is 0.240 e. The van der Waals surface area contributed by atoms with Crippen molar-refractivity contribution in [3.05, 3.63) is 29.3 Å². The van der Waals surface area contributed by atoms with Crippen LogP contribution in [0.2, 0.25) is 0 Å². The first-order valence-electron chi connectivity index (χ1n) is 9.16. The first-order chi connectivity index (χ1) is 12.0. The summed E-state index contributed by atoms with van der Waals surface area (Å²) in [5.74, 6) is -0.109. The lowest BCUT2D eigenvalue weighted by Gasteiger charge is -2.23. The Kier molecular flexibility index (Phi) is 7.88. The number of piperidine rings is 1. The summed E-state index contributed by atoms with van der Waals surface area (Å²) in [6.07, 6.45) is 6.43. The monoisotopic (exact) mass is 401 g/mol. The van der Waals surface area contributed by atoms with Crippen molar-refractivity contribution in [2.75, 3.05) is 19.6 Å². The summed E-state index contributed by atoms with van der Waals surface area (Å²) in [7, 11) is -3.56. The van der Waals surface area contributed by atoms with Gasteiger partial charge in [0.05, 0.1) is 4.90 Å². The average molecular weight is 402 g/mol. The smallest absolute Gasteiger partial charge is 0.240 e. The second kappa shape index (κ2) is 9.69. The highest BCUT2D eigenvalue weighted by molar-refractivity contribution is 7.89. The van der Waals surface area contributed by atoms with E-state index in [1.807, 2.05) is 6.07 Å². The van der Waals surface area contributed by atoms with Crippen molar-refractivity contribution in [3.63, 3.8) is 0 Å². The summed E-state index contributed by atoms with van der Waals surface area (Å²) < 4.78 is 27.4. The van der Waals surface area contributed by atoms with E-state index >= 15 is 0 Å². The number of benzene rings is 1. The molecule has 3 N–H and O–H groups in total. The van der Waals surface area contributed by atoms with Crippen molar-refractivity contribution in [2.24, 2.45) is 0 Å². The van der Waals surface area contributed by atoms with Gasteiger partial charge in [-0.1, -0.05) is 6.07 Å². The van der Waals surface area contributed by atoms with E-state index in [-0.39, 0.29) is 37.3 Å². The SMILES string of the molecule is Cl.O=C(CCNS(=O)(=O)c1ccc2c(c1)CCCC2)NC1CCCNC1. The first-order valence-corrected chi connectivity index (χ1v) is 10.6. The molecule has 1 aromatic carbocycles. The van der Waals surface area contributed by atoms with Crippen molar-refractivity contribution < 1.29 is 13.2 Å². The van der Waals surface area contributed by atoms with Crippen LogP contribution >= 0.6 is 12.4 Å². The van der Waals surface area contributed by atoms with E-state index in [9.17, 15) is 13.2 Å². The van der Waals surface area contributed by atoms with Gasteiger partial charge in [-0.05, 0) is 68.3 Å². The molecule has 1 unspecified atom stereocenters. The van der Waals surface area contributed by atoms with Gasteiger partial charge < -0.3 is 10.6 Å². The van der Waals surface area contributed by atoms with Gasteiger partial charge >= 0.3 is 0 Å². The Morgan fingerprint density at radius 3 is 2.65 bits per heavy atom. The van der Waals surface area contributed by atoms with Crippen LogP contribution in [0.15, 0.2) is 23.1 Å². The quantitative estimate of drug-likeness (QED) is 0.674. The van der Waals surface area contributed by atoms with Gasteiger partial charge in [0.15, 0.2) is 0 Å². The fourth-order valence-corrected chi connectivity index (χ4v) is 4.62. The van der Waals surface area contributed by atoms with Crippen LogP contribution in [0.25, 0.3) is 0 Å². The van der Waals surface area contributed by atoms with Crippen molar-refractivity contribution in [3.8, 4) is 0 Å². The maximum atomic E-state index is 12.4. The molecule has 1 saturated heterocycles. The summed E-state index contributed by atoms with van der Waals surface area (Å²) in [4.78, 5) is 12.2. The van der Waals surface area contributed by atoms with Crippen molar-refractivity contribution in [2.45, 2.75) is 55.9 Å². The molecule has 146 valence electrons. The maximum absolute atomic E-state index is 12.4. The van der Waals surface area contributed by atoms with Gasteiger partial charge in [-0.3, -0.25) is 4.79 Å². The first kappa shape index (κ1) is 21.2. The number of fused-ring (bicyclic) bond motifs is 1. The molecule has 1 heterocycles. The second-order valence-corrected chi connectivity index (χ2v) is 8.66. The second-order valence-electron chi connectivity index (χ2n) is 6.90. The lowest BCUT2D eigenvalue weighted by Crippen LogP contribution is -2.46. The van der Waals surface area contributed by atoms with Crippen molar-refractivity contribution >= 4 is 28.3 Å². The molecule has 0 spiro atoms. The minimum absolute atomic E-state index is 0. The van der Waals surface area contributed by atoms with Crippen LogP contribution in [-0.4, -0.2) is 40.0 Å². The molecule has 0 radical (unpaired) electrons. The summed E-state index contributed by atoms with van der Waals surface area (Å²) in [6.45, 7) is 1.89. The molecular weight excluding hydrogens is 374 g/mol. The molecule has 6 nitrogen and oxygen atoms in total. The number of sulfonamides is 1. The molecule has 3 rings (SSSR count). The Morgan fingerprint density at radius 2 is 1.92 bits per heavy atom. The molecule has 1 fully saturated rings. The lowest BCUT2D eigenvalue weighted by molar-refractivity contribution is -0.121. The highest BCUT2D eigenvalue weighted by atomic mass is 35.5. The van der Waals surface area contributed by atoms with Gasteiger partial charge in [-0.2, -0.15) is 0 Å². The van der Waals surface area contributed by atoms with Crippen LogP contribution in [-0.2, 0) is 27.7 Å². The molecule has 2 aliphatic rings. The molecule has 1 atom stereocenters. The van der Waals surface area contributed by atoms with Crippen molar-refractivity contribution in [1.82, 2.24) is 15.4 Å². The number of halogens is 1. The summed E-state index contributed by atoms with van der Waals surface area (Å²) in [6, 6.07) is 5.52. The van der Waals surface area contributed by atoms with Crippen LogP contribution in [0.3, 0.4) is 0 Å². The third-order valence-electron chi connectivity index (χ3n) is 4.94. The topological polar surface area (TPSA) is 87.3 Å². The standard InChI is InChI=1S/C18H27N3O3S.ClH/c22-18(21-16-6-3-10-19-13-16)9-11-20-25(23,24)17-8-7-14-4-1-2-5-15(14)12-17;/h7-8,12,16,19-20H,1-6,9-11,13H2,(H,21,22);1H. The number of nitrogens with one attached hydrogen (secondary N) is 3. The zero-order chi connectivity index (χ0) is 17.7. The average Bonchev–Trinajstić information content (AvgIpc) is 2.62. The van der Waals surface area contributed by atoms with E-state index < -0.39 is 10.0 Å². The Hall–Kier alpha value is -1.15. The van der Waals surface area contributed by atoms with E-state index in [1.54, 1.807) is 12.1 Å². The molecule has 8 heteroatoms. The van der Waals surface area contributed by atoms with E-state index in [0.717, 1.165) is 50.8 Å². The van der Waals surface area contributed by atoms with Gasteiger partial charge in [0, 0.05) is 25.6 Å². The van der Waals surface area contributed by atoms with Crippen LogP contribution < -0.4 is 15.4 Å². The Labute approximate surface area is 162 Å². The van der Waals surface area contributed by atoms with E-state index in [1.165, 1.54) is 12.0 Å². The zero-order valence-electron chi connectivity index (χ0n) is 14.9. The summed E-state index contributed by atoms with van der Waals surface area (Å²) in [5.41, 5.74) is 2.39. The number of rotatable bonds is 6. The molecule has 1 aromatic rings. The zero-order valence-corrected chi connectivity index (χ0v) is 16.6. The van der Waals surface area contributed by atoms with Gasteiger partial charge in [0.1, 0.15) is 0 Å². The molecule has 26 heavy (non-hydrogen) atoms. The fourth-order valence-electron chi connectivity index (χ4n) is 3.53. The van der Waals surface area contributed by atoms with E-state index in [4.69, 9.17) is 0 Å². The largest absolute Gasteiger partial charge is 0.352 e. The number of hydrogen-bond acceptors (Lipinski definition) is 4. The normalized spacial score (nSPS) is 19.9. The molecule has 0 saturated carbocycles. The molecule has 1 amide bonds. The molecule has 0 aromatic heterocycles. The molecular formula is C18H28ClN3O3S. The van der Waals surface area contributed by atoms with Crippen molar-refractivity contribution in [1.29, 1.82) is 0 Å². The predicted molar refractivity (Wildman–Crippen MR) is 104 cm³/mol. The number of hydrogen-bond donors (Lipinski definition) is 3. The van der Waals surface area contributed by atoms with Gasteiger partial charge in [-0.25, -0.2) is 13.1 Å². The number of carbonyl (C=O) groups excluding carboxylic acids is 1. The molecule has 1 aliphatic carbocycles. The fraction of sp³-hybridized carbons (Fsp3) is 0.611. The minimum atomic E-state index is -3.56. The third kappa shape index (κ3) is 5.67. The number of carbonyl (C=O) groups is 1. The van der Waals surface area contributed by atoms with E-state index in [2.05, 4.69) is 15.4 Å². The predicted octanol–water partition coefficient (Wildman–Crippen LogP) is 1.52. The third-order valence-corrected chi connectivity index (χ3v) is 6.40. The van der Waals surface area contributed by atoms with Gasteiger partial charge in [-0.15, -0.1) is 12.4 Å². The highest BCUT2D eigenvalue weighted by Crippen LogP contribution is 2.23. The summed E-state index contributed by atoms with van der Waals surface area (Å²) >= 11 is 0. The Balaban J connectivity index is 0.00000243. The lowest BCUT2D eigenvalue weighted by atomic mass is 9.92. The summed E-state index contributed by atoms with van der Waals surface area (Å²) in [5, 5.41) is 6.19. The Bertz CT molecular complexity index is 718. The number of amides is 1. The van der Waals surface area contributed by atoms with Crippen LogP contribution in [0.5, 0.6) is 0 Å².